The van der Waals surface area contributed by atoms with Crippen LogP contribution in [-0.4, -0.2) is 46.3 Å². The SMILES string of the molecule is Cc1cccc(N2CCN(C(=O)c3nn(C)c4c3CSc3ccccc3-4)C[C@@H]2C)c1. The number of carbonyl (C=O) groups excluding carboxylic acids is 1. The first kappa shape index (κ1) is 19.2. The first-order valence-electron chi connectivity index (χ1n) is 10.4. The largest absolute Gasteiger partial charge is 0.365 e. The number of benzene rings is 2. The lowest BCUT2D eigenvalue weighted by molar-refractivity contribution is 0.0719. The van der Waals surface area contributed by atoms with E-state index < -0.39 is 0 Å². The second-order valence-electron chi connectivity index (χ2n) is 8.22. The summed E-state index contributed by atoms with van der Waals surface area (Å²) in [5, 5.41) is 4.68. The van der Waals surface area contributed by atoms with Gasteiger partial charge in [0.25, 0.3) is 5.91 Å². The number of rotatable bonds is 2. The zero-order valence-electron chi connectivity index (χ0n) is 17.6. The van der Waals surface area contributed by atoms with Crippen molar-refractivity contribution < 1.29 is 4.79 Å². The van der Waals surface area contributed by atoms with Gasteiger partial charge in [0.1, 0.15) is 0 Å². The monoisotopic (exact) mass is 418 g/mol. The smallest absolute Gasteiger partial charge is 0.274 e. The first-order valence-corrected chi connectivity index (χ1v) is 11.4. The molecule has 1 atom stereocenters. The summed E-state index contributed by atoms with van der Waals surface area (Å²) in [5.74, 6) is 0.850. The minimum atomic E-state index is 0.0579. The van der Waals surface area contributed by atoms with E-state index in [1.165, 1.54) is 21.7 Å². The molecule has 0 saturated carbocycles. The Morgan fingerprint density at radius 3 is 2.77 bits per heavy atom. The maximum absolute atomic E-state index is 13.5. The van der Waals surface area contributed by atoms with Gasteiger partial charge in [0.2, 0.25) is 0 Å². The molecular formula is C24H26N4OS. The van der Waals surface area contributed by atoms with Gasteiger partial charge in [-0.15, -0.1) is 11.8 Å². The fraction of sp³-hybridized carbons (Fsp3) is 0.333. The van der Waals surface area contributed by atoms with E-state index in [1.807, 2.05) is 16.6 Å². The van der Waals surface area contributed by atoms with Crippen LogP contribution in [0.15, 0.2) is 53.4 Å². The molecule has 5 nitrogen and oxygen atoms in total. The molecule has 0 spiro atoms. The number of aryl methyl sites for hydroxylation is 2. The Kier molecular flexibility index (Phi) is 4.82. The molecule has 2 aliphatic rings. The van der Waals surface area contributed by atoms with Gasteiger partial charge in [-0.05, 0) is 37.6 Å². The second-order valence-corrected chi connectivity index (χ2v) is 9.23. The van der Waals surface area contributed by atoms with Crippen LogP contribution in [0.1, 0.15) is 28.5 Å². The zero-order valence-corrected chi connectivity index (χ0v) is 18.4. The van der Waals surface area contributed by atoms with E-state index in [0.29, 0.717) is 18.8 Å². The molecule has 3 aromatic rings. The van der Waals surface area contributed by atoms with Crippen LogP contribution >= 0.6 is 11.8 Å². The van der Waals surface area contributed by atoms with Crippen LogP contribution in [0.25, 0.3) is 11.3 Å². The van der Waals surface area contributed by atoms with Crippen LogP contribution in [0.4, 0.5) is 5.69 Å². The molecule has 1 saturated heterocycles. The summed E-state index contributed by atoms with van der Waals surface area (Å²) in [5.41, 5.74) is 6.44. The number of fused-ring (bicyclic) bond motifs is 3. The highest BCUT2D eigenvalue weighted by Crippen LogP contribution is 2.42. The normalized spacial score (nSPS) is 18.2. The molecule has 1 amide bonds. The van der Waals surface area contributed by atoms with Crippen molar-refractivity contribution in [1.82, 2.24) is 14.7 Å². The van der Waals surface area contributed by atoms with Crippen molar-refractivity contribution in [3.05, 3.63) is 65.4 Å². The molecule has 30 heavy (non-hydrogen) atoms. The Hall–Kier alpha value is -2.73. The number of thioether (sulfide) groups is 1. The lowest BCUT2D eigenvalue weighted by Gasteiger charge is -2.41. The highest BCUT2D eigenvalue weighted by Gasteiger charge is 2.33. The number of hydrogen-bond donors (Lipinski definition) is 0. The van der Waals surface area contributed by atoms with Gasteiger partial charge in [0, 0.05) is 60.2 Å². The average Bonchev–Trinajstić information content (AvgIpc) is 3.10. The Balaban J connectivity index is 1.40. The van der Waals surface area contributed by atoms with E-state index >= 15 is 0 Å². The second kappa shape index (κ2) is 7.51. The van der Waals surface area contributed by atoms with Crippen molar-refractivity contribution in [3.8, 4) is 11.3 Å². The van der Waals surface area contributed by atoms with Crippen molar-refractivity contribution in [2.45, 2.75) is 30.5 Å². The van der Waals surface area contributed by atoms with E-state index in [-0.39, 0.29) is 11.9 Å². The van der Waals surface area contributed by atoms with E-state index in [4.69, 9.17) is 0 Å². The fourth-order valence-corrected chi connectivity index (χ4v) is 5.70. The summed E-state index contributed by atoms with van der Waals surface area (Å²) in [6, 6.07) is 17.2. The lowest BCUT2D eigenvalue weighted by Crippen LogP contribution is -2.54. The summed E-state index contributed by atoms with van der Waals surface area (Å²) in [6.45, 7) is 6.58. The summed E-state index contributed by atoms with van der Waals surface area (Å²) in [7, 11) is 1.95. The third-order valence-electron chi connectivity index (χ3n) is 6.11. The molecule has 1 fully saturated rings. The first-order chi connectivity index (χ1) is 14.5. The molecule has 0 bridgehead atoms. The molecular weight excluding hydrogens is 392 g/mol. The number of nitrogens with zero attached hydrogens (tertiary/aromatic N) is 4. The Morgan fingerprint density at radius 1 is 1.13 bits per heavy atom. The number of hydrogen-bond acceptors (Lipinski definition) is 4. The van der Waals surface area contributed by atoms with Crippen LogP contribution in [-0.2, 0) is 12.8 Å². The molecule has 3 heterocycles. The minimum Gasteiger partial charge on any atom is -0.365 e. The van der Waals surface area contributed by atoms with Crippen molar-refractivity contribution in [2.24, 2.45) is 7.05 Å². The highest BCUT2D eigenvalue weighted by atomic mass is 32.2. The standard InChI is InChI=1S/C24H26N4OS/c1-16-7-6-8-18(13-16)28-12-11-27(14-17(28)2)24(29)22-20-15-30-21-10-5-4-9-19(21)23(20)26(3)25-22/h4-10,13,17H,11-12,14-15H2,1-3H3/t17-/m0/s1. The van der Waals surface area contributed by atoms with E-state index in [2.05, 4.69) is 72.4 Å². The van der Waals surface area contributed by atoms with Gasteiger partial charge < -0.3 is 9.80 Å². The van der Waals surface area contributed by atoms with E-state index in [0.717, 1.165) is 23.6 Å². The van der Waals surface area contributed by atoms with Gasteiger partial charge in [-0.25, -0.2) is 0 Å². The van der Waals surface area contributed by atoms with Gasteiger partial charge in [-0.3, -0.25) is 9.48 Å². The molecule has 2 aliphatic heterocycles. The molecule has 0 unspecified atom stereocenters. The van der Waals surface area contributed by atoms with Gasteiger partial charge in [-0.1, -0.05) is 30.3 Å². The molecule has 154 valence electrons. The molecule has 2 aromatic carbocycles. The predicted octanol–water partition coefficient (Wildman–Crippen LogP) is 4.35. The summed E-state index contributed by atoms with van der Waals surface area (Å²) >= 11 is 1.79. The number of amides is 1. The minimum absolute atomic E-state index is 0.0579. The molecule has 0 radical (unpaired) electrons. The third-order valence-corrected chi connectivity index (χ3v) is 7.21. The number of piperazine rings is 1. The Morgan fingerprint density at radius 2 is 1.97 bits per heavy atom. The summed E-state index contributed by atoms with van der Waals surface area (Å²) in [6.07, 6.45) is 0. The fourth-order valence-electron chi connectivity index (χ4n) is 4.63. The number of aromatic nitrogens is 2. The van der Waals surface area contributed by atoms with Crippen molar-refractivity contribution >= 4 is 23.4 Å². The quantitative estimate of drug-likeness (QED) is 0.620. The van der Waals surface area contributed by atoms with Crippen LogP contribution in [0, 0.1) is 6.92 Å². The molecule has 1 aromatic heterocycles. The highest BCUT2D eigenvalue weighted by molar-refractivity contribution is 7.98. The van der Waals surface area contributed by atoms with Crippen molar-refractivity contribution in [2.75, 3.05) is 24.5 Å². The maximum Gasteiger partial charge on any atom is 0.274 e. The van der Waals surface area contributed by atoms with Crippen molar-refractivity contribution in [3.63, 3.8) is 0 Å². The van der Waals surface area contributed by atoms with Gasteiger partial charge in [0.15, 0.2) is 5.69 Å². The predicted molar refractivity (Wildman–Crippen MR) is 122 cm³/mol. The maximum atomic E-state index is 13.5. The third kappa shape index (κ3) is 3.19. The number of anilines is 1. The number of carbonyl (C=O) groups is 1. The van der Waals surface area contributed by atoms with Crippen LogP contribution in [0.5, 0.6) is 0 Å². The lowest BCUT2D eigenvalue weighted by atomic mass is 10.0. The topological polar surface area (TPSA) is 41.4 Å². The zero-order chi connectivity index (χ0) is 20.8. The van der Waals surface area contributed by atoms with Crippen LogP contribution in [0.2, 0.25) is 0 Å². The Labute approximate surface area is 181 Å². The van der Waals surface area contributed by atoms with Gasteiger partial charge in [0.05, 0.1) is 5.69 Å². The molecule has 5 rings (SSSR count). The van der Waals surface area contributed by atoms with Crippen LogP contribution in [0.3, 0.4) is 0 Å². The molecule has 6 heteroatoms. The molecule has 0 N–H and O–H groups in total. The summed E-state index contributed by atoms with van der Waals surface area (Å²) in [4.78, 5) is 19.1. The van der Waals surface area contributed by atoms with Gasteiger partial charge in [-0.2, -0.15) is 5.10 Å². The summed E-state index contributed by atoms with van der Waals surface area (Å²) < 4.78 is 1.88. The van der Waals surface area contributed by atoms with Gasteiger partial charge >= 0.3 is 0 Å². The van der Waals surface area contributed by atoms with Crippen molar-refractivity contribution in [1.29, 1.82) is 0 Å². The average molecular weight is 419 g/mol. The van der Waals surface area contributed by atoms with E-state index in [9.17, 15) is 4.79 Å². The molecule has 0 aliphatic carbocycles. The van der Waals surface area contributed by atoms with Crippen LogP contribution < -0.4 is 4.90 Å². The van der Waals surface area contributed by atoms with E-state index in [1.54, 1.807) is 11.8 Å². The Bertz CT molecular complexity index is 1120.